The third kappa shape index (κ3) is 1.68. The van der Waals surface area contributed by atoms with Gasteiger partial charge in [-0.25, -0.2) is 9.97 Å². The largest absolute Gasteiger partial charge is 0.369 e. The molecule has 0 saturated heterocycles. The summed E-state index contributed by atoms with van der Waals surface area (Å²) in [6.07, 6.45) is 2.41. The van der Waals surface area contributed by atoms with Crippen molar-refractivity contribution in [2.45, 2.75) is 19.6 Å². The van der Waals surface area contributed by atoms with Crippen LogP contribution >= 0.6 is 12.2 Å². The molecular weight excluding hydrogens is 226 g/mol. The molecule has 2 heterocycles. The average Bonchev–Trinajstić information content (AvgIpc) is 2.64. The zero-order valence-electron chi connectivity index (χ0n) is 9.10. The smallest absolute Gasteiger partial charge is 0.200 e. The lowest BCUT2D eigenvalue weighted by atomic mass is 10.4. The number of ether oxygens (including phenoxy) is 1. The number of nitrogens with one attached hydrogen (secondary N) is 1. The topological polar surface area (TPSA) is 81.8 Å². The Hall–Kier alpha value is -1.47. The van der Waals surface area contributed by atoms with Crippen LogP contribution < -0.4 is 5.73 Å². The van der Waals surface area contributed by atoms with Crippen molar-refractivity contribution in [3.63, 3.8) is 0 Å². The van der Waals surface area contributed by atoms with E-state index in [4.69, 9.17) is 22.7 Å². The second-order valence-electron chi connectivity index (χ2n) is 3.37. The van der Waals surface area contributed by atoms with Gasteiger partial charge in [0.1, 0.15) is 17.4 Å². The molecule has 0 unspecified atom stereocenters. The highest BCUT2D eigenvalue weighted by Crippen LogP contribution is 2.19. The first kappa shape index (κ1) is 11.0. The molecule has 2 aromatic rings. The Balaban J connectivity index is 2.68. The second-order valence-corrected chi connectivity index (χ2v) is 3.76. The molecule has 1 atom stereocenters. The van der Waals surface area contributed by atoms with Gasteiger partial charge in [-0.1, -0.05) is 19.1 Å². The summed E-state index contributed by atoms with van der Waals surface area (Å²) in [5, 5.41) is 0. The van der Waals surface area contributed by atoms with Crippen molar-refractivity contribution in [3.05, 3.63) is 11.0 Å². The number of anilines is 1. The lowest BCUT2D eigenvalue weighted by Gasteiger charge is -2.15. The molecule has 6 nitrogen and oxygen atoms in total. The molecule has 0 radical (unpaired) electrons. The average molecular weight is 239 g/mol. The van der Waals surface area contributed by atoms with E-state index in [0.717, 1.165) is 12.1 Å². The predicted molar refractivity (Wildman–Crippen MR) is 63.5 cm³/mol. The number of hydrogen-bond donors (Lipinski definition) is 2. The summed E-state index contributed by atoms with van der Waals surface area (Å²) in [6, 6.07) is 0. The van der Waals surface area contributed by atoms with Crippen LogP contribution in [0.25, 0.3) is 11.2 Å². The van der Waals surface area contributed by atoms with E-state index in [1.165, 1.54) is 0 Å². The summed E-state index contributed by atoms with van der Waals surface area (Å²) in [5.74, 6) is 0.283. The number of methoxy groups -OCH3 is 1. The van der Waals surface area contributed by atoms with E-state index in [-0.39, 0.29) is 12.2 Å². The fraction of sp³-hybridized carbons (Fsp3) is 0.444. The van der Waals surface area contributed by atoms with Crippen LogP contribution in [0.4, 0.5) is 5.95 Å². The molecule has 86 valence electrons. The Morgan fingerprint density at radius 1 is 1.69 bits per heavy atom. The van der Waals surface area contributed by atoms with Crippen molar-refractivity contribution in [2.75, 3.05) is 12.8 Å². The number of nitrogens with zero attached hydrogens (tertiary/aromatic N) is 3. The standard InChI is InChI=1S/C9H13N5OS/c1-3-5(15-2)14-4-11-6-7(14)12-9(10)13-8(6)16/h4-5H,3H2,1-2H3,(H3,10,12,13,16)/t5-/m1/s1. The van der Waals surface area contributed by atoms with Crippen LogP contribution in [0.15, 0.2) is 6.33 Å². The highest BCUT2D eigenvalue weighted by Gasteiger charge is 2.13. The van der Waals surface area contributed by atoms with Gasteiger partial charge in [0.05, 0.1) is 6.33 Å². The Bertz CT molecular complexity index is 557. The minimum Gasteiger partial charge on any atom is -0.369 e. The summed E-state index contributed by atoms with van der Waals surface area (Å²) in [7, 11) is 1.65. The Morgan fingerprint density at radius 2 is 2.44 bits per heavy atom. The van der Waals surface area contributed by atoms with Gasteiger partial charge in [-0.2, -0.15) is 0 Å². The van der Waals surface area contributed by atoms with E-state index < -0.39 is 0 Å². The Kier molecular flexibility index (Phi) is 2.88. The van der Waals surface area contributed by atoms with Crippen molar-refractivity contribution >= 4 is 29.3 Å². The first-order valence-corrected chi connectivity index (χ1v) is 5.33. The van der Waals surface area contributed by atoms with Crippen LogP contribution in [0, 0.1) is 4.64 Å². The lowest BCUT2D eigenvalue weighted by Crippen LogP contribution is -2.10. The van der Waals surface area contributed by atoms with Gasteiger partial charge in [0.2, 0.25) is 0 Å². The molecule has 0 aliphatic heterocycles. The van der Waals surface area contributed by atoms with Gasteiger partial charge in [0, 0.05) is 7.11 Å². The third-order valence-electron chi connectivity index (χ3n) is 2.40. The van der Waals surface area contributed by atoms with Crippen LogP contribution in [0.5, 0.6) is 0 Å². The van der Waals surface area contributed by atoms with Crippen LogP contribution in [-0.2, 0) is 4.74 Å². The third-order valence-corrected chi connectivity index (χ3v) is 2.68. The molecule has 3 N–H and O–H groups in total. The number of rotatable bonds is 3. The van der Waals surface area contributed by atoms with Crippen molar-refractivity contribution in [1.82, 2.24) is 19.5 Å². The van der Waals surface area contributed by atoms with Gasteiger partial charge < -0.3 is 15.5 Å². The summed E-state index contributed by atoms with van der Waals surface area (Å²) >= 11 is 5.09. The molecule has 0 aliphatic rings. The minimum absolute atomic E-state index is 0.0857. The van der Waals surface area contributed by atoms with Crippen molar-refractivity contribution in [3.8, 4) is 0 Å². The number of imidazole rings is 1. The van der Waals surface area contributed by atoms with E-state index in [2.05, 4.69) is 15.0 Å². The lowest BCUT2D eigenvalue weighted by molar-refractivity contribution is 0.0438. The molecule has 16 heavy (non-hydrogen) atoms. The maximum atomic E-state index is 5.62. The molecule has 0 spiro atoms. The Morgan fingerprint density at radius 3 is 3.06 bits per heavy atom. The number of H-pyrrole nitrogens is 1. The molecule has 2 rings (SSSR count). The quantitative estimate of drug-likeness (QED) is 0.795. The molecule has 0 aromatic carbocycles. The van der Waals surface area contributed by atoms with E-state index in [9.17, 15) is 0 Å². The minimum atomic E-state index is -0.0857. The van der Waals surface area contributed by atoms with Crippen LogP contribution in [0.3, 0.4) is 0 Å². The zero-order chi connectivity index (χ0) is 11.7. The summed E-state index contributed by atoms with van der Waals surface area (Å²) in [4.78, 5) is 11.1. The maximum Gasteiger partial charge on any atom is 0.200 e. The van der Waals surface area contributed by atoms with Gasteiger partial charge in [-0.3, -0.25) is 4.57 Å². The molecule has 0 amide bonds. The van der Waals surface area contributed by atoms with E-state index in [1.54, 1.807) is 13.4 Å². The van der Waals surface area contributed by atoms with Crippen LogP contribution in [-0.4, -0.2) is 26.6 Å². The first-order valence-electron chi connectivity index (χ1n) is 4.92. The van der Waals surface area contributed by atoms with Gasteiger partial charge in [0.25, 0.3) is 0 Å². The van der Waals surface area contributed by atoms with Crippen molar-refractivity contribution < 1.29 is 4.74 Å². The van der Waals surface area contributed by atoms with Gasteiger partial charge in [-0.15, -0.1) is 0 Å². The number of nitrogens with two attached hydrogens (primary N) is 1. The molecule has 0 saturated carbocycles. The number of aromatic nitrogens is 4. The summed E-state index contributed by atoms with van der Waals surface area (Å²) < 4.78 is 7.60. The fourth-order valence-corrected chi connectivity index (χ4v) is 1.90. The van der Waals surface area contributed by atoms with E-state index >= 15 is 0 Å². The van der Waals surface area contributed by atoms with Crippen LogP contribution in [0.2, 0.25) is 0 Å². The van der Waals surface area contributed by atoms with Crippen molar-refractivity contribution in [2.24, 2.45) is 0 Å². The van der Waals surface area contributed by atoms with Crippen LogP contribution in [0.1, 0.15) is 19.6 Å². The first-order chi connectivity index (χ1) is 7.67. The van der Waals surface area contributed by atoms with Crippen molar-refractivity contribution in [1.29, 1.82) is 0 Å². The Labute approximate surface area is 97.5 Å². The molecule has 0 fully saturated rings. The van der Waals surface area contributed by atoms with Gasteiger partial charge in [-0.05, 0) is 6.42 Å². The van der Waals surface area contributed by atoms with Gasteiger partial charge in [0.15, 0.2) is 10.6 Å². The fourth-order valence-electron chi connectivity index (χ4n) is 1.65. The number of nitrogen functional groups attached to an aromatic ring is 1. The van der Waals surface area contributed by atoms with E-state index in [0.29, 0.717) is 10.2 Å². The highest BCUT2D eigenvalue weighted by atomic mass is 32.1. The summed E-state index contributed by atoms with van der Waals surface area (Å²) in [5.41, 5.74) is 7.00. The zero-order valence-corrected chi connectivity index (χ0v) is 9.91. The van der Waals surface area contributed by atoms with E-state index in [1.807, 2.05) is 11.5 Å². The SMILES string of the molecule is CC[C@@H](OC)n1cnc2c(=S)nc(N)[nH]c21. The molecule has 0 aliphatic carbocycles. The second kappa shape index (κ2) is 4.18. The normalized spacial score (nSPS) is 13.1. The summed E-state index contributed by atoms with van der Waals surface area (Å²) in [6.45, 7) is 2.03. The molecular formula is C9H13N5OS. The molecule has 7 heteroatoms. The number of hydrogen-bond acceptors (Lipinski definition) is 5. The van der Waals surface area contributed by atoms with Gasteiger partial charge >= 0.3 is 0 Å². The predicted octanol–water partition coefficient (Wildman–Crippen LogP) is 1.63. The highest BCUT2D eigenvalue weighted by molar-refractivity contribution is 7.71. The number of aromatic amines is 1. The molecule has 2 aromatic heterocycles. The number of fused-ring (bicyclic) bond motifs is 1. The maximum absolute atomic E-state index is 5.62. The monoisotopic (exact) mass is 239 g/mol. The molecule has 0 bridgehead atoms.